The number of nitrogens with zero attached hydrogens (tertiary/aromatic N) is 1. The first-order valence-corrected chi connectivity index (χ1v) is 3.36. The van der Waals surface area contributed by atoms with Crippen LogP contribution in [-0.2, 0) is 9.59 Å². The number of aliphatic hydroxyl groups excluding tert-OH is 1. The van der Waals surface area contributed by atoms with Gasteiger partial charge in [-0.15, -0.1) is 0 Å². The van der Waals surface area contributed by atoms with Gasteiger partial charge in [-0.1, -0.05) is 0 Å². The lowest BCUT2D eigenvalue weighted by Crippen LogP contribution is -2.57. The van der Waals surface area contributed by atoms with E-state index < -0.39 is 24.5 Å². The van der Waals surface area contributed by atoms with Crippen LogP contribution in [0.3, 0.4) is 0 Å². The summed E-state index contributed by atoms with van der Waals surface area (Å²) in [5, 5.41) is 8.43. The standard InChI is InChI=1S/C6H10N2O3/c7-6(11)4-1-2-8(4)5(10)3-9/h4,9H,1-3H2,(H2,7,11). The summed E-state index contributed by atoms with van der Waals surface area (Å²) in [4.78, 5) is 22.6. The Balaban J connectivity index is 2.49. The van der Waals surface area contributed by atoms with E-state index in [1.165, 1.54) is 4.90 Å². The quantitative estimate of drug-likeness (QED) is 0.490. The molecule has 11 heavy (non-hydrogen) atoms. The normalized spacial score (nSPS) is 22.6. The van der Waals surface area contributed by atoms with Crippen LogP contribution in [-0.4, -0.2) is 41.0 Å². The van der Waals surface area contributed by atoms with E-state index >= 15 is 0 Å². The fourth-order valence-corrected chi connectivity index (χ4v) is 1.07. The Morgan fingerprint density at radius 1 is 1.64 bits per heavy atom. The van der Waals surface area contributed by atoms with Crippen molar-refractivity contribution in [1.82, 2.24) is 4.90 Å². The number of likely N-dealkylation sites (tertiary alicyclic amines) is 1. The Kier molecular flexibility index (Phi) is 2.09. The summed E-state index contributed by atoms with van der Waals surface area (Å²) in [6, 6.07) is -0.491. The largest absolute Gasteiger partial charge is 0.387 e. The minimum atomic E-state index is -0.552. The SMILES string of the molecule is NC(=O)C1CCN1C(=O)CO. The van der Waals surface area contributed by atoms with E-state index in [4.69, 9.17) is 10.8 Å². The number of aliphatic hydroxyl groups is 1. The first kappa shape index (κ1) is 8.00. The molecule has 5 nitrogen and oxygen atoms in total. The Labute approximate surface area is 63.8 Å². The smallest absolute Gasteiger partial charge is 0.248 e. The molecule has 0 aromatic heterocycles. The van der Waals surface area contributed by atoms with Gasteiger partial charge < -0.3 is 15.7 Å². The van der Waals surface area contributed by atoms with Crippen molar-refractivity contribution in [3.8, 4) is 0 Å². The maximum absolute atomic E-state index is 10.8. The van der Waals surface area contributed by atoms with Crippen LogP contribution in [0, 0.1) is 0 Å². The van der Waals surface area contributed by atoms with Crippen molar-refractivity contribution in [2.75, 3.05) is 13.2 Å². The molecule has 5 heteroatoms. The number of rotatable bonds is 2. The van der Waals surface area contributed by atoms with Crippen LogP contribution in [0.2, 0.25) is 0 Å². The summed E-state index contributed by atoms with van der Waals surface area (Å²) in [7, 11) is 0. The monoisotopic (exact) mass is 158 g/mol. The highest BCUT2D eigenvalue weighted by Crippen LogP contribution is 2.16. The van der Waals surface area contributed by atoms with Crippen molar-refractivity contribution in [3.05, 3.63) is 0 Å². The lowest BCUT2D eigenvalue weighted by molar-refractivity contribution is -0.148. The minimum Gasteiger partial charge on any atom is -0.387 e. The zero-order valence-corrected chi connectivity index (χ0v) is 5.99. The highest BCUT2D eigenvalue weighted by atomic mass is 16.3. The lowest BCUT2D eigenvalue weighted by Gasteiger charge is -2.38. The van der Waals surface area contributed by atoms with Gasteiger partial charge in [0.2, 0.25) is 11.8 Å². The molecule has 1 aliphatic heterocycles. The summed E-state index contributed by atoms with van der Waals surface area (Å²) in [6.45, 7) is -0.0310. The lowest BCUT2D eigenvalue weighted by atomic mass is 10.0. The second-order valence-electron chi connectivity index (χ2n) is 2.45. The van der Waals surface area contributed by atoms with E-state index in [9.17, 15) is 9.59 Å². The zero-order valence-electron chi connectivity index (χ0n) is 5.99. The van der Waals surface area contributed by atoms with Crippen molar-refractivity contribution >= 4 is 11.8 Å². The van der Waals surface area contributed by atoms with E-state index in [0.29, 0.717) is 13.0 Å². The van der Waals surface area contributed by atoms with Crippen LogP contribution in [0.5, 0.6) is 0 Å². The van der Waals surface area contributed by atoms with Gasteiger partial charge in [-0.25, -0.2) is 0 Å². The summed E-state index contributed by atoms with van der Waals surface area (Å²) in [5.41, 5.74) is 4.97. The topological polar surface area (TPSA) is 83.6 Å². The van der Waals surface area contributed by atoms with Gasteiger partial charge in [0.15, 0.2) is 0 Å². The van der Waals surface area contributed by atoms with Gasteiger partial charge in [0.1, 0.15) is 12.6 Å². The van der Waals surface area contributed by atoms with Gasteiger partial charge in [0.25, 0.3) is 0 Å². The van der Waals surface area contributed by atoms with Crippen LogP contribution in [0.15, 0.2) is 0 Å². The zero-order chi connectivity index (χ0) is 8.43. The molecule has 62 valence electrons. The number of hydrogen-bond acceptors (Lipinski definition) is 3. The second-order valence-corrected chi connectivity index (χ2v) is 2.45. The summed E-state index contributed by atoms with van der Waals surface area (Å²) in [5.74, 6) is -0.932. The molecule has 1 unspecified atom stereocenters. The van der Waals surface area contributed by atoms with Gasteiger partial charge in [-0.05, 0) is 6.42 Å². The molecule has 0 aromatic carbocycles. The Morgan fingerprint density at radius 3 is 2.55 bits per heavy atom. The number of primary amides is 1. The molecule has 1 fully saturated rings. The van der Waals surface area contributed by atoms with Crippen LogP contribution < -0.4 is 5.73 Å². The minimum absolute atomic E-state index is 0.431. The number of carbonyl (C=O) groups excluding carboxylic acids is 2. The molecule has 3 N–H and O–H groups in total. The molecule has 1 aliphatic rings. The van der Waals surface area contributed by atoms with Gasteiger partial charge in [0, 0.05) is 6.54 Å². The van der Waals surface area contributed by atoms with Crippen molar-refractivity contribution in [2.24, 2.45) is 5.73 Å². The molecular formula is C6H10N2O3. The Hall–Kier alpha value is -1.10. The van der Waals surface area contributed by atoms with Gasteiger partial charge in [-0.2, -0.15) is 0 Å². The number of hydrogen-bond donors (Lipinski definition) is 2. The molecule has 0 spiro atoms. The van der Waals surface area contributed by atoms with Crippen LogP contribution in [0.25, 0.3) is 0 Å². The van der Waals surface area contributed by atoms with E-state index in [1.54, 1.807) is 0 Å². The molecule has 0 bridgehead atoms. The molecule has 2 amide bonds. The summed E-state index contributed by atoms with van der Waals surface area (Å²) >= 11 is 0. The molecule has 1 heterocycles. The average molecular weight is 158 g/mol. The summed E-state index contributed by atoms with van der Waals surface area (Å²) in [6.07, 6.45) is 0.612. The maximum Gasteiger partial charge on any atom is 0.248 e. The van der Waals surface area contributed by atoms with E-state index in [-0.39, 0.29) is 0 Å². The van der Waals surface area contributed by atoms with E-state index in [1.807, 2.05) is 0 Å². The van der Waals surface area contributed by atoms with Crippen LogP contribution >= 0.6 is 0 Å². The van der Waals surface area contributed by atoms with Crippen LogP contribution in [0.4, 0.5) is 0 Å². The number of carbonyl (C=O) groups is 2. The van der Waals surface area contributed by atoms with Gasteiger partial charge in [0.05, 0.1) is 0 Å². The van der Waals surface area contributed by atoms with Crippen LogP contribution in [0.1, 0.15) is 6.42 Å². The fourth-order valence-electron chi connectivity index (χ4n) is 1.07. The number of amides is 2. The second kappa shape index (κ2) is 2.87. The van der Waals surface area contributed by atoms with Gasteiger partial charge >= 0.3 is 0 Å². The molecule has 0 aromatic rings. The molecule has 1 saturated heterocycles. The fraction of sp³-hybridized carbons (Fsp3) is 0.667. The molecule has 0 saturated carbocycles. The molecule has 1 rings (SSSR count). The molecule has 0 radical (unpaired) electrons. The van der Waals surface area contributed by atoms with Gasteiger partial charge in [-0.3, -0.25) is 9.59 Å². The first-order valence-electron chi connectivity index (χ1n) is 3.36. The van der Waals surface area contributed by atoms with E-state index in [0.717, 1.165) is 0 Å². The van der Waals surface area contributed by atoms with Crippen molar-refractivity contribution in [1.29, 1.82) is 0 Å². The predicted octanol–water partition coefficient (Wildman–Crippen LogP) is -1.94. The highest BCUT2D eigenvalue weighted by Gasteiger charge is 2.35. The summed E-state index contributed by atoms with van der Waals surface area (Å²) < 4.78 is 0. The highest BCUT2D eigenvalue weighted by molar-refractivity contribution is 5.88. The third-order valence-corrected chi connectivity index (χ3v) is 1.80. The Bertz CT molecular complexity index is 192. The van der Waals surface area contributed by atoms with E-state index in [2.05, 4.69) is 0 Å². The first-order chi connectivity index (χ1) is 5.16. The third kappa shape index (κ3) is 1.32. The predicted molar refractivity (Wildman–Crippen MR) is 36.4 cm³/mol. The molecule has 0 aliphatic carbocycles. The van der Waals surface area contributed by atoms with Crippen molar-refractivity contribution < 1.29 is 14.7 Å². The number of nitrogens with two attached hydrogens (primary N) is 1. The van der Waals surface area contributed by atoms with Crippen molar-refractivity contribution in [2.45, 2.75) is 12.5 Å². The third-order valence-electron chi connectivity index (χ3n) is 1.80. The average Bonchev–Trinajstić information content (AvgIpc) is 1.83. The molecule has 1 atom stereocenters. The Morgan fingerprint density at radius 2 is 2.27 bits per heavy atom. The maximum atomic E-state index is 10.8. The molecular weight excluding hydrogens is 148 g/mol. The van der Waals surface area contributed by atoms with Crippen molar-refractivity contribution in [3.63, 3.8) is 0 Å².